The van der Waals surface area contributed by atoms with Crippen molar-refractivity contribution in [1.29, 1.82) is 0 Å². The van der Waals surface area contributed by atoms with Crippen LogP contribution in [0.15, 0.2) is 29.1 Å². The van der Waals surface area contributed by atoms with E-state index in [4.69, 9.17) is 4.98 Å². The number of nitrogens with zero attached hydrogens (tertiary/aromatic N) is 3. The van der Waals surface area contributed by atoms with E-state index in [1.165, 1.54) is 25.0 Å². The lowest BCUT2D eigenvalue weighted by Crippen LogP contribution is -2.49. The molecule has 1 saturated carbocycles. The van der Waals surface area contributed by atoms with E-state index in [2.05, 4.69) is 16.0 Å². The van der Waals surface area contributed by atoms with Crippen LogP contribution in [0.3, 0.4) is 0 Å². The molecule has 1 aliphatic heterocycles. The van der Waals surface area contributed by atoms with Crippen LogP contribution in [0.25, 0.3) is 5.57 Å². The number of aryl methyl sites for hydroxylation is 1. The second-order valence-corrected chi connectivity index (χ2v) is 9.93. The lowest BCUT2D eigenvalue weighted by molar-refractivity contribution is 0.214. The number of allylic oxidation sites excluding steroid dienone is 1. The van der Waals surface area contributed by atoms with Gasteiger partial charge >= 0.3 is 0 Å². The molecule has 0 unspecified atom stereocenters. The van der Waals surface area contributed by atoms with E-state index in [0.29, 0.717) is 30.2 Å². The molecule has 0 radical (unpaired) electrons. The highest BCUT2D eigenvalue weighted by atomic mass is 19.1. The van der Waals surface area contributed by atoms with Gasteiger partial charge in [-0.3, -0.25) is 9.69 Å². The van der Waals surface area contributed by atoms with Crippen LogP contribution in [-0.2, 0) is 12.8 Å². The third kappa shape index (κ3) is 3.56. The number of fused-ring (bicyclic) bond motifs is 1. The molecule has 3 aliphatic carbocycles. The van der Waals surface area contributed by atoms with Gasteiger partial charge in [0, 0.05) is 43.9 Å². The maximum Gasteiger partial charge on any atom is 0.254 e. The summed E-state index contributed by atoms with van der Waals surface area (Å²) in [5.74, 6) is -0.305. The van der Waals surface area contributed by atoms with Crippen molar-refractivity contribution in [2.75, 3.05) is 31.1 Å². The fraction of sp³-hybridized carbons (Fsp3) is 0.520. The Morgan fingerprint density at radius 3 is 2.62 bits per heavy atom. The van der Waals surface area contributed by atoms with E-state index >= 15 is 0 Å². The molecule has 1 saturated heterocycles. The van der Waals surface area contributed by atoms with Crippen molar-refractivity contribution in [3.63, 3.8) is 0 Å². The van der Waals surface area contributed by atoms with Crippen molar-refractivity contribution in [1.82, 2.24) is 14.9 Å². The SMILES string of the molecule is O=c1[nH]c(C2=C[C@H](N3CCN(c4ccc(F)cc4F)CC3)CC2)nc2c1CC1(CC2)CC1. The summed E-state index contributed by atoms with van der Waals surface area (Å²) in [4.78, 5) is 25.1. The lowest BCUT2D eigenvalue weighted by Gasteiger charge is -2.38. The zero-order valence-corrected chi connectivity index (χ0v) is 18.2. The van der Waals surface area contributed by atoms with Gasteiger partial charge in [-0.1, -0.05) is 6.08 Å². The van der Waals surface area contributed by atoms with Gasteiger partial charge in [-0.05, 0) is 68.1 Å². The first-order valence-electron chi connectivity index (χ1n) is 11.8. The number of H-pyrrole nitrogens is 1. The molecule has 1 spiro atoms. The quantitative estimate of drug-likeness (QED) is 0.794. The Bertz CT molecular complexity index is 1150. The predicted molar refractivity (Wildman–Crippen MR) is 120 cm³/mol. The molecule has 7 heteroatoms. The Morgan fingerprint density at radius 2 is 1.88 bits per heavy atom. The zero-order valence-electron chi connectivity index (χ0n) is 18.2. The van der Waals surface area contributed by atoms with Crippen molar-refractivity contribution < 1.29 is 8.78 Å². The normalized spacial score (nSPS) is 24.5. The average molecular weight is 439 g/mol. The number of benzene rings is 1. The molecular weight excluding hydrogens is 410 g/mol. The van der Waals surface area contributed by atoms with Crippen LogP contribution in [0.2, 0.25) is 0 Å². The van der Waals surface area contributed by atoms with Crippen LogP contribution in [0, 0.1) is 17.0 Å². The second kappa shape index (κ2) is 7.51. The Kier molecular flexibility index (Phi) is 4.72. The van der Waals surface area contributed by atoms with Gasteiger partial charge in [0.15, 0.2) is 0 Å². The average Bonchev–Trinajstić information content (AvgIpc) is 3.35. The number of halogens is 2. The van der Waals surface area contributed by atoms with Crippen LogP contribution in [0.4, 0.5) is 14.5 Å². The molecule has 0 bridgehead atoms. The number of hydrogen-bond donors (Lipinski definition) is 1. The number of rotatable bonds is 3. The van der Waals surface area contributed by atoms with E-state index in [1.54, 1.807) is 0 Å². The highest BCUT2D eigenvalue weighted by Gasteiger charge is 2.45. The van der Waals surface area contributed by atoms with Gasteiger partial charge in [0.1, 0.15) is 17.5 Å². The number of aromatic nitrogens is 2. The molecule has 32 heavy (non-hydrogen) atoms. The number of hydrogen-bond acceptors (Lipinski definition) is 4. The van der Waals surface area contributed by atoms with Gasteiger partial charge in [0.05, 0.1) is 11.4 Å². The molecule has 1 aromatic carbocycles. The third-order valence-corrected chi connectivity index (χ3v) is 7.94. The largest absolute Gasteiger partial charge is 0.367 e. The molecule has 5 nitrogen and oxygen atoms in total. The van der Waals surface area contributed by atoms with Crippen LogP contribution in [-0.4, -0.2) is 47.1 Å². The summed E-state index contributed by atoms with van der Waals surface area (Å²) >= 11 is 0. The van der Waals surface area contributed by atoms with Crippen molar-refractivity contribution in [3.8, 4) is 0 Å². The molecule has 2 aromatic rings. The summed E-state index contributed by atoms with van der Waals surface area (Å²) < 4.78 is 27.3. The van der Waals surface area contributed by atoms with Crippen molar-refractivity contribution >= 4 is 11.3 Å². The minimum absolute atomic E-state index is 0.0512. The zero-order chi connectivity index (χ0) is 21.9. The first-order valence-corrected chi connectivity index (χ1v) is 11.8. The maximum absolute atomic E-state index is 14.1. The molecule has 1 atom stereocenters. The van der Waals surface area contributed by atoms with Crippen molar-refractivity contribution in [2.24, 2.45) is 5.41 Å². The fourth-order valence-corrected chi connectivity index (χ4v) is 5.76. The molecule has 1 N–H and O–H groups in total. The molecule has 2 fully saturated rings. The van der Waals surface area contributed by atoms with Gasteiger partial charge in [0.2, 0.25) is 0 Å². The van der Waals surface area contributed by atoms with E-state index in [9.17, 15) is 13.6 Å². The molecule has 6 rings (SSSR count). The van der Waals surface area contributed by atoms with Gasteiger partial charge in [-0.25, -0.2) is 13.8 Å². The molecule has 1 aromatic heterocycles. The molecule has 2 heterocycles. The first kappa shape index (κ1) is 20.1. The van der Waals surface area contributed by atoms with Gasteiger partial charge in [-0.15, -0.1) is 0 Å². The van der Waals surface area contributed by atoms with Gasteiger partial charge in [0.25, 0.3) is 5.56 Å². The third-order valence-electron chi connectivity index (χ3n) is 7.94. The van der Waals surface area contributed by atoms with Crippen LogP contribution >= 0.6 is 0 Å². The summed E-state index contributed by atoms with van der Waals surface area (Å²) in [6.45, 7) is 3.05. The summed E-state index contributed by atoms with van der Waals surface area (Å²) in [5, 5.41) is 0. The molecule has 4 aliphatic rings. The maximum atomic E-state index is 14.1. The molecular formula is C25H28F2N4O. The topological polar surface area (TPSA) is 52.2 Å². The summed E-state index contributed by atoms with van der Waals surface area (Å²) in [5.41, 5.74) is 3.97. The predicted octanol–water partition coefficient (Wildman–Crippen LogP) is 3.69. The highest BCUT2D eigenvalue weighted by molar-refractivity contribution is 5.63. The minimum Gasteiger partial charge on any atom is -0.367 e. The van der Waals surface area contributed by atoms with Crippen LogP contribution in [0.1, 0.15) is 49.2 Å². The summed E-state index contributed by atoms with van der Waals surface area (Å²) in [7, 11) is 0. The molecule has 168 valence electrons. The Labute approximate surface area is 186 Å². The van der Waals surface area contributed by atoms with Crippen molar-refractivity contribution in [3.05, 3.63) is 63.3 Å². The summed E-state index contributed by atoms with van der Waals surface area (Å²) in [6.07, 6.45) is 9.65. The molecule has 0 amide bonds. The van der Waals surface area contributed by atoms with Gasteiger partial charge < -0.3 is 9.88 Å². The smallest absolute Gasteiger partial charge is 0.254 e. The fourth-order valence-electron chi connectivity index (χ4n) is 5.76. The summed E-state index contributed by atoms with van der Waals surface area (Å²) in [6, 6.07) is 4.09. The number of anilines is 1. The van der Waals surface area contributed by atoms with E-state index in [-0.39, 0.29) is 5.56 Å². The van der Waals surface area contributed by atoms with Crippen LogP contribution < -0.4 is 10.5 Å². The standard InChI is InChI=1S/C25H28F2N4O/c26-17-2-4-22(20(27)14-17)31-11-9-30(10-12-31)18-3-1-16(13-18)23-28-21-5-6-25(7-8-25)15-19(21)24(32)29-23/h2,4,13-14,18H,1,3,5-12,15H2,(H,28,29,32)/t18-/m1/s1. The van der Waals surface area contributed by atoms with E-state index < -0.39 is 11.6 Å². The number of aromatic amines is 1. The highest BCUT2D eigenvalue weighted by Crippen LogP contribution is 2.53. The second-order valence-electron chi connectivity index (χ2n) is 9.93. The lowest BCUT2D eigenvalue weighted by atomic mass is 9.84. The monoisotopic (exact) mass is 438 g/mol. The Hall–Kier alpha value is -2.54. The van der Waals surface area contributed by atoms with Gasteiger partial charge in [-0.2, -0.15) is 0 Å². The number of nitrogens with one attached hydrogen (secondary N) is 1. The minimum atomic E-state index is -0.547. The Balaban J connectivity index is 1.14. The Morgan fingerprint density at radius 1 is 1.06 bits per heavy atom. The van der Waals surface area contributed by atoms with Crippen LogP contribution in [0.5, 0.6) is 0 Å². The van der Waals surface area contributed by atoms with Crippen molar-refractivity contribution in [2.45, 2.75) is 51.0 Å². The van der Waals surface area contributed by atoms with E-state index in [1.807, 2.05) is 4.90 Å². The first-order chi connectivity index (χ1) is 15.5. The number of piperazine rings is 1. The van der Waals surface area contributed by atoms with E-state index in [0.717, 1.165) is 73.9 Å².